The fourth-order valence-corrected chi connectivity index (χ4v) is 2.81. The third kappa shape index (κ3) is 3.71. The molecule has 1 fully saturated rings. The minimum absolute atomic E-state index is 0.422. The number of nitrogens with one attached hydrogen (secondary N) is 1. The summed E-state index contributed by atoms with van der Waals surface area (Å²) in [6.07, 6.45) is 4.90. The van der Waals surface area contributed by atoms with Crippen molar-refractivity contribution in [1.29, 1.82) is 0 Å². The normalized spacial score (nSPS) is 25.1. The van der Waals surface area contributed by atoms with E-state index in [2.05, 4.69) is 16.5 Å². The van der Waals surface area contributed by atoms with Gasteiger partial charge in [0.2, 0.25) is 0 Å². The topological polar surface area (TPSA) is 29.9 Å². The number of aryl methyl sites for hydroxylation is 2. The van der Waals surface area contributed by atoms with Crippen molar-refractivity contribution in [1.82, 2.24) is 15.1 Å². The van der Waals surface area contributed by atoms with Crippen molar-refractivity contribution >= 4 is 11.6 Å². The number of rotatable bonds is 4. The summed E-state index contributed by atoms with van der Waals surface area (Å²) in [5, 5.41) is 8.30. The molecular formula is C13H22ClN3. The SMILES string of the molecule is Cc1cc(CNCC2CCC(Cl)CC2)n(C)n1. The highest BCUT2D eigenvalue weighted by Gasteiger charge is 2.18. The predicted octanol–water partition coefficient (Wildman–Crippen LogP) is 2.62. The van der Waals surface area contributed by atoms with Crippen molar-refractivity contribution in [3.05, 3.63) is 17.5 Å². The van der Waals surface area contributed by atoms with E-state index < -0.39 is 0 Å². The summed E-state index contributed by atoms with van der Waals surface area (Å²) in [5.74, 6) is 0.805. The Morgan fingerprint density at radius 3 is 2.71 bits per heavy atom. The monoisotopic (exact) mass is 255 g/mol. The zero-order chi connectivity index (χ0) is 12.3. The van der Waals surface area contributed by atoms with Gasteiger partial charge in [0.05, 0.1) is 11.4 Å². The van der Waals surface area contributed by atoms with E-state index in [1.54, 1.807) is 0 Å². The largest absolute Gasteiger partial charge is 0.311 e. The van der Waals surface area contributed by atoms with Gasteiger partial charge in [0, 0.05) is 19.0 Å². The van der Waals surface area contributed by atoms with E-state index in [1.807, 2.05) is 18.7 Å². The second kappa shape index (κ2) is 5.87. The molecule has 1 aromatic heterocycles. The molecule has 0 saturated heterocycles. The Morgan fingerprint density at radius 1 is 1.41 bits per heavy atom. The minimum Gasteiger partial charge on any atom is -0.311 e. The molecule has 0 bridgehead atoms. The quantitative estimate of drug-likeness (QED) is 0.839. The van der Waals surface area contributed by atoms with Gasteiger partial charge in [0.15, 0.2) is 0 Å². The maximum absolute atomic E-state index is 6.10. The molecule has 1 aliphatic rings. The van der Waals surface area contributed by atoms with E-state index in [9.17, 15) is 0 Å². The van der Waals surface area contributed by atoms with Crippen LogP contribution in [0, 0.1) is 12.8 Å². The first-order valence-electron chi connectivity index (χ1n) is 6.49. The van der Waals surface area contributed by atoms with Crippen LogP contribution in [0.15, 0.2) is 6.07 Å². The zero-order valence-corrected chi connectivity index (χ0v) is 11.5. The number of aromatic nitrogens is 2. The molecular weight excluding hydrogens is 234 g/mol. The van der Waals surface area contributed by atoms with E-state index in [0.29, 0.717) is 5.38 Å². The fraction of sp³-hybridized carbons (Fsp3) is 0.769. The molecule has 1 heterocycles. The van der Waals surface area contributed by atoms with Crippen LogP contribution >= 0.6 is 11.6 Å². The first kappa shape index (κ1) is 12.9. The van der Waals surface area contributed by atoms with Gasteiger partial charge >= 0.3 is 0 Å². The lowest BCUT2D eigenvalue weighted by molar-refractivity contribution is 0.344. The maximum atomic E-state index is 6.10. The molecule has 0 spiro atoms. The lowest BCUT2D eigenvalue weighted by Crippen LogP contribution is -2.27. The van der Waals surface area contributed by atoms with Gasteiger partial charge in [-0.15, -0.1) is 11.6 Å². The molecule has 96 valence electrons. The van der Waals surface area contributed by atoms with Gasteiger partial charge in [-0.3, -0.25) is 4.68 Å². The summed E-state index contributed by atoms with van der Waals surface area (Å²) in [6.45, 7) is 4.05. The Labute approximate surface area is 109 Å². The van der Waals surface area contributed by atoms with Crippen molar-refractivity contribution in [2.24, 2.45) is 13.0 Å². The first-order chi connectivity index (χ1) is 8.15. The Kier molecular flexibility index (Phi) is 4.46. The molecule has 0 radical (unpaired) electrons. The van der Waals surface area contributed by atoms with Gasteiger partial charge in [0.1, 0.15) is 0 Å². The van der Waals surface area contributed by atoms with Crippen LogP contribution in [-0.4, -0.2) is 21.7 Å². The third-order valence-electron chi connectivity index (χ3n) is 3.61. The van der Waals surface area contributed by atoms with Crippen LogP contribution in [0.3, 0.4) is 0 Å². The van der Waals surface area contributed by atoms with Crippen LogP contribution in [-0.2, 0) is 13.6 Å². The first-order valence-corrected chi connectivity index (χ1v) is 6.93. The lowest BCUT2D eigenvalue weighted by atomic mass is 9.89. The number of halogens is 1. The highest BCUT2D eigenvalue weighted by molar-refractivity contribution is 6.20. The molecule has 0 amide bonds. The van der Waals surface area contributed by atoms with Gasteiger partial charge in [-0.25, -0.2) is 0 Å². The second-order valence-electron chi connectivity index (χ2n) is 5.15. The van der Waals surface area contributed by atoms with Crippen LogP contribution in [0.5, 0.6) is 0 Å². The standard InChI is InChI=1S/C13H22ClN3/c1-10-7-13(17(2)16-10)9-15-8-11-3-5-12(14)6-4-11/h7,11-12,15H,3-6,8-9H2,1-2H3. The van der Waals surface area contributed by atoms with Crippen molar-refractivity contribution < 1.29 is 0 Å². The minimum atomic E-state index is 0.422. The Balaban J connectivity index is 1.71. The van der Waals surface area contributed by atoms with Crippen LogP contribution in [0.2, 0.25) is 0 Å². The number of alkyl halides is 1. The fourth-order valence-electron chi connectivity index (χ4n) is 2.56. The molecule has 0 aliphatic heterocycles. The zero-order valence-electron chi connectivity index (χ0n) is 10.7. The molecule has 1 aliphatic carbocycles. The van der Waals surface area contributed by atoms with E-state index in [-0.39, 0.29) is 0 Å². The van der Waals surface area contributed by atoms with Crippen LogP contribution in [0.25, 0.3) is 0 Å². The van der Waals surface area contributed by atoms with Crippen molar-refractivity contribution in [3.8, 4) is 0 Å². The molecule has 1 N–H and O–H groups in total. The van der Waals surface area contributed by atoms with E-state index >= 15 is 0 Å². The summed E-state index contributed by atoms with van der Waals surface area (Å²) in [7, 11) is 2.00. The smallest absolute Gasteiger partial charge is 0.0597 e. The van der Waals surface area contributed by atoms with Gasteiger partial charge in [0.25, 0.3) is 0 Å². The van der Waals surface area contributed by atoms with Crippen LogP contribution in [0.4, 0.5) is 0 Å². The van der Waals surface area contributed by atoms with Gasteiger partial charge < -0.3 is 5.32 Å². The Bertz CT molecular complexity index is 354. The average Bonchev–Trinajstić information content (AvgIpc) is 2.60. The summed E-state index contributed by atoms with van der Waals surface area (Å²) in [5.41, 5.74) is 2.35. The molecule has 17 heavy (non-hydrogen) atoms. The summed E-state index contributed by atoms with van der Waals surface area (Å²) in [4.78, 5) is 0. The van der Waals surface area contributed by atoms with Crippen molar-refractivity contribution in [2.75, 3.05) is 6.54 Å². The summed E-state index contributed by atoms with van der Waals surface area (Å²) >= 11 is 6.10. The van der Waals surface area contributed by atoms with Crippen LogP contribution < -0.4 is 5.32 Å². The summed E-state index contributed by atoms with van der Waals surface area (Å²) < 4.78 is 1.96. The van der Waals surface area contributed by atoms with E-state index in [4.69, 9.17) is 11.6 Å². The van der Waals surface area contributed by atoms with Crippen LogP contribution in [0.1, 0.15) is 37.1 Å². The molecule has 0 atom stereocenters. The maximum Gasteiger partial charge on any atom is 0.0597 e. The molecule has 4 heteroatoms. The Morgan fingerprint density at radius 2 is 2.12 bits per heavy atom. The highest BCUT2D eigenvalue weighted by atomic mass is 35.5. The molecule has 1 saturated carbocycles. The molecule has 3 nitrogen and oxygen atoms in total. The second-order valence-corrected chi connectivity index (χ2v) is 5.77. The number of hydrogen-bond acceptors (Lipinski definition) is 2. The van der Waals surface area contributed by atoms with E-state index in [1.165, 1.54) is 31.4 Å². The van der Waals surface area contributed by atoms with Crippen molar-refractivity contribution in [3.63, 3.8) is 0 Å². The molecule has 1 aromatic rings. The van der Waals surface area contributed by atoms with Crippen molar-refractivity contribution in [2.45, 2.75) is 44.5 Å². The molecule has 0 aromatic carbocycles. The molecule has 0 unspecified atom stereocenters. The average molecular weight is 256 g/mol. The summed E-state index contributed by atoms with van der Waals surface area (Å²) in [6, 6.07) is 2.14. The highest BCUT2D eigenvalue weighted by Crippen LogP contribution is 2.26. The van der Waals surface area contributed by atoms with Gasteiger partial charge in [-0.1, -0.05) is 0 Å². The lowest BCUT2D eigenvalue weighted by Gasteiger charge is -2.25. The van der Waals surface area contributed by atoms with E-state index in [0.717, 1.165) is 24.7 Å². The molecule has 2 rings (SSSR count). The van der Waals surface area contributed by atoms with Gasteiger partial charge in [-0.2, -0.15) is 5.10 Å². The number of hydrogen-bond donors (Lipinski definition) is 1. The Hall–Kier alpha value is -0.540. The third-order valence-corrected chi connectivity index (χ3v) is 4.05. The van der Waals surface area contributed by atoms with Gasteiger partial charge in [-0.05, 0) is 51.1 Å². The number of nitrogens with zero attached hydrogens (tertiary/aromatic N) is 2. The predicted molar refractivity (Wildman–Crippen MR) is 71.3 cm³/mol.